The Bertz CT molecular complexity index is 664. The van der Waals surface area contributed by atoms with E-state index in [0.717, 1.165) is 11.3 Å². The SMILES string of the molecule is COC(=O)c1ccc(CN(Cc2cn(C)nn2)C(C)=O)cc1. The summed E-state index contributed by atoms with van der Waals surface area (Å²) in [6.07, 6.45) is 1.77. The maximum atomic E-state index is 11.8. The van der Waals surface area contributed by atoms with Crippen LogP contribution >= 0.6 is 0 Å². The van der Waals surface area contributed by atoms with E-state index in [0.29, 0.717) is 18.7 Å². The van der Waals surface area contributed by atoms with Crippen LogP contribution in [0.5, 0.6) is 0 Å². The molecule has 1 amide bonds. The van der Waals surface area contributed by atoms with Crippen molar-refractivity contribution in [2.45, 2.75) is 20.0 Å². The number of aromatic nitrogens is 3. The van der Waals surface area contributed by atoms with Crippen LogP contribution in [-0.4, -0.2) is 38.9 Å². The van der Waals surface area contributed by atoms with Gasteiger partial charge >= 0.3 is 5.97 Å². The van der Waals surface area contributed by atoms with Crippen molar-refractivity contribution >= 4 is 11.9 Å². The summed E-state index contributed by atoms with van der Waals surface area (Å²) >= 11 is 0. The first-order chi connectivity index (χ1) is 10.5. The molecule has 7 heteroatoms. The van der Waals surface area contributed by atoms with Crippen LogP contribution in [0.3, 0.4) is 0 Å². The summed E-state index contributed by atoms with van der Waals surface area (Å²) in [6, 6.07) is 6.97. The van der Waals surface area contributed by atoms with Crippen molar-refractivity contribution in [3.05, 3.63) is 47.3 Å². The van der Waals surface area contributed by atoms with Crippen molar-refractivity contribution in [2.24, 2.45) is 7.05 Å². The number of methoxy groups -OCH3 is 1. The van der Waals surface area contributed by atoms with E-state index < -0.39 is 0 Å². The lowest BCUT2D eigenvalue weighted by Crippen LogP contribution is -2.27. The van der Waals surface area contributed by atoms with Crippen molar-refractivity contribution in [2.75, 3.05) is 7.11 Å². The highest BCUT2D eigenvalue weighted by molar-refractivity contribution is 5.89. The highest BCUT2D eigenvalue weighted by atomic mass is 16.5. The van der Waals surface area contributed by atoms with E-state index in [2.05, 4.69) is 15.0 Å². The zero-order valence-electron chi connectivity index (χ0n) is 12.8. The zero-order valence-corrected chi connectivity index (χ0v) is 12.8. The largest absolute Gasteiger partial charge is 0.465 e. The Balaban J connectivity index is 2.07. The molecule has 116 valence electrons. The fourth-order valence-corrected chi connectivity index (χ4v) is 2.03. The summed E-state index contributed by atoms with van der Waals surface area (Å²) in [5.74, 6) is -0.433. The highest BCUT2D eigenvalue weighted by Crippen LogP contribution is 2.11. The first kappa shape index (κ1) is 15.7. The zero-order chi connectivity index (χ0) is 16.1. The Morgan fingerprint density at radius 3 is 2.41 bits per heavy atom. The first-order valence-electron chi connectivity index (χ1n) is 6.77. The van der Waals surface area contributed by atoms with Crippen LogP contribution in [0.4, 0.5) is 0 Å². The summed E-state index contributed by atoms with van der Waals surface area (Å²) in [7, 11) is 3.12. The third-order valence-electron chi connectivity index (χ3n) is 3.20. The maximum Gasteiger partial charge on any atom is 0.337 e. The molecule has 0 spiro atoms. The summed E-state index contributed by atoms with van der Waals surface area (Å²) < 4.78 is 6.25. The number of esters is 1. The van der Waals surface area contributed by atoms with Crippen LogP contribution in [0, 0.1) is 0 Å². The van der Waals surface area contributed by atoms with Crippen LogP contribution in [0.25, 0.3) is 0 Å². The van der Waals surface area contributed by atoms with Crippen LogP contribution in [0.2, 0.25) is 0 Å². The smallest absolute Gasteiger partial charge is 0.337 e. The van der Waals surface area contributed by atoms with Crippen LogP contribution in [0.1, 0.15) is 28.5 Å². The monoisotopic (exact) mass is 302 g/mol. The van der Waals surface area contributed by atoms with Crippen LogP contribution < -0.4 is 0 Å². The third-order valence-corrected chi connectivity index (χ3v) is 3.20. The summed E-state index contributed by atoms with van der Waals surface area (Å²) in [6.45, 7) is 2.34. The van der Waals surface area contributed by atoms with E-state index in [9.17, 15) is 9.59 Å². The summed E-state index contributed by atoms with van der Waals surface area (Å²) in [4.78, 5) is 24.8. The Morgan fingerprint density at radius 2 is 1.91 bits per heavy atom. The molecule has 0 saturated heterocycles. The highest BCUT2D eigenvalue weighted by Gasteiger charge is 2.13. The molecule has 22 heavy (non-hydrogen) atoms. The lowest BCUT2D eigenvalue weighted by molar-refractivity contribution is -0.130. The average Bonchev–Trinajstić information content (AvgIpc) is 2.91. The van der Waals surface area contributed by atoms with E-state index in [1.165, 1.54) is 14.0 Å². The normalized spacial score (nSPS) is 10.3. The van der Waals surface area contributed by atoms with Gasteiger partial charge in [0.25, 0.3) is 0 Å². The topological polar surface area (TPSA) is 77.3 Å². The van der Waals surface area contributed by atoms with E-state index in [1.54, 1.807) is 47.1 Å². The number of hydrogen-bond donors (Lipinski definition) is 0. The fourth-order valence-electron chi connectivity index (χ4n) is 2.03. The number of carbonyl (C=O) groups excluding carboxylic acids is 2. The number of carbonyl (C=O) groups is 2. The summed E-state index contributed by atoms with van der Waals surface area (Å²) in [5, 5.41) is 7.84. The van der Waals surface area contributed by atoms with Crippen molar-refractivity contribution in [1.82, 2.24) is 19.9 Å². The number of amides is 1. The molecule has 0 N–H and O–H groups in total. The Hall–Kier alpha value is -2.70. The van der Waals surface area contributed by atoms with Gasteiger partial charge in [0, 0.05) is 26.7 Å². The van der Waals surface area contributed by atoms with E-state index in [4.69, 9.17) is 0 Å². The Morgan fingerprint density at radius 1 is 1.23 bits per heavy atom. The van der Waals surface area contributed by atoms with Gasteiger partial charge in [-0.15, -0.1) is 5.10 Å². The molecule has 0 unspecified atom stereocenters. The summed E-state index contributed by atoms with van der Waals surface area (Å²) in [5.41, 5.74) is 2.13. The molecule has 0 radical (unpaired) electrons. The van der Waals surface area contributed by atoms with Gasteiger partial charge < -0.3 is 9.64 Å². The van der Waals surface area contributed by atoms with Crippen LogP contribution in [0.15, 0.2) is 30.5 Å². The molecular formula is C15H18N4O3. The second kappa shape index (κ2) is 6.84. The van der Waals surface area contributed by atoms with Crippen molar-refractivity contribution in [1.29, 1.82) is 0 Å². The lowest BCUT2D eigenvalue weighted by Gasteiger charge is -2.20. The molecule has 2 rings (SSSR count). The molecular weight excluding hydrogens is 284 g/mol. The number of ether oxygens (including phenoxy) is 1. The van der Waals surface area contributed by atoms with Gasteiger partial charge in [-0.3, -0.25) is 9.48 Å². The molecule has 1 aromatic carbocycles. The number of aryl methyl sites for hydroxylation is 1. The molecule has 0 atom stereocenters. The third kappa shape index (κ3) is 3.91. The standard InChI is InChI=1S/C15H18N4O3/c1-11(20)19(10-14-9-18(2)17-16-14)8-12-4-6-13(7-5-12)15(21)22-3/h4-7,9H,8,10H2,1-3H3. The van der Waals surface area contributed by atoms with E-state index >= 15 is 0 Å². The first-order valence-corrected chi connectivity index (χ1v) is 6.77. The molecule has 0 aliphatic heterocycles. The average molecular weight is 302 g/mol. The minimum absolute atomic E-state index is 0.0531. The number of hydrogen-bond acceptors (Lipinski definition) is 5. The quantitative estimate of drug-likeness (QED) is 0.774. The second-order valence-electron chi connectivity index (χ2n) is 4.95. The molecule has 1 heterocycles. The maximum absolute atomic E-state index is 11.8. The van der Waals surface area contributed by atoms with Crippen molar-refractivity contribution < 1.29 is 14.3 Å². The molecule has 1 aromatic heterocycles. The van der Waals surface area contributed by atoms with Gasteiger partial charge in [-0.2, -0.15) is 0 Å². The molecule has 0 fully saturated rings. The van der Waals surface area contributed by atoms with Gasteiger partial charge in [0.05, 0.1) is 19.2 Å². The molecule has 0 bridgehead atoms. The van der Waals surface area contributed by atoms with Gasteiger partial charge in [-0.05, 0) is 17.7 Å². The van der Waals surface area contributed by atoms with Crippen molar-refractivity contribution in [3.8, 4) is 0 Å². The minimum atomic E-state index is -0.380. The van der Waals surface area contributed by atoms with E-state index in [1.807, 2.05) is 0 Å². The Kier molecular flexibility index (Phi) is 4.88. The molecule has 7 nitrogen and oxygen atoms in total. The lowest BCUT2D eigenvalue weighted by atomic mass is 10.1. The number of nitrogens with zero attached hydrogens (tertiary/aromatic N) is 4. The minimum Gasteiger partial charge on any atom is -0.465 e. The molecule has 0 saturated carbocycles. The van der Waals surface area contributed by atoms with E-state index in [-0.39, 0.29) is 11.9 Å². The van der Waals surface area contributed by atoms with Gasteiger partial charge in [0.2, 0.25) is 5.91 Å². The van der Waals surface area contributed by atoms with Crippen LogP contribution in [-0.2, 0) is 29.7 Å². The predicted octanol–water partition coefficient (Wildman–Crippen LogP) is 1.15. The fraction of sp³-hybridized carbons (Fsp3) is 0.333. The Labute approximate surface area is 128 Å². The number of benzene rings is 1. The predicted molar refractivity (Wildman–Crippen MR) is 78.7 cm³/mol. The molecule has 0 aliphatic rings. The van der Waals surface area contributed by atoms with Gasteiger partial charge in [0.15, 0.2) is 0 Å². The number of rotatable bonds is 5. The molecule has 2 aromatic rings. The van der Waals surface area contributed by atoms with Crippen molar-refractivity contribution in [3.63, 3.8) is 0 Å². The van der Waals surface area contributed by atoms with Gasteiger partial charge in [-0.1, -0.05) is 17.3 Å². The van der Waals surface area contributed by atoms with Gasteiger partial charge in [-0.25, -0.2) is 4.79 Å². The molecule has 0 aliphatic carbocycles. The second-order valence-corrected chi connectivity index (χ2v) is 4.95. The van der Waals surface area contributed by atoms with Gasteiger partial charge in [0.1, 0.15) is 5.69 Å².